The average molecular weight is 400 g/mol. The topological polar surface area (TPSA) is 82.8 Å². The molecule has 1 aromatic carbocycles. The van der Waals surface area contributed by atoms with Gasteiger partial charge in [-0.15, -0.1) is 0 Å². The van der Waals surface area contributed by atoms with Gasteiger partial charge in [-0.05, 0) is 18.4 Å². The van der Waals surface area contributed by atoms with Crippen molar-refractivity contribution in [2.24, 2.45) is 0 Å². The molecule has 1 spiro atoms. The van der Waals surface area contributed by atoms with Gasteiger partial charge in [-0.3, -0.25) is 4.90 Å². The number of aliphatic carboxylic acids is 1. The van der Waals surface area contributed by atoms with Crippen molar-refractivity contribution in [2.45, 2.75) is 43.8 Å². The molecule has 28 heavy (non-hydrogen) atoms. The van der Waals surface area contributed by atoms with Crippen LogP contribution in [0.25, 0.3) is 0 Å². The quantitative estimate of drug-likeness (QED) is 0.783. The van der Waals surface area contributed by atoms with Gasteiger partial charge in [-0.2, -0.15) is 18.4 Å². The van der Waals surface area contributed by atoms with Crippen LogP contribution in [0.1, 0.15) is 24.8 Å². The van der Waals surface area contributed by atoms with Crippen LogP contribution >= 0.6 is 0 Å². The first-order chi connectivity index (χ1) is 13.2. The lowest BCUT2D eigenvalue weighted by Crippen LogP contribution is -2.44. The number of nitriles is 1. The zero-order chi connectivity index (χ0) is 20.6. The van der Waals surface area contributed by atoms with E-state index in [4.69, 9.17) is 24.6 Å². The third kappa shape index (κ3) is 6.78. The van der Waals surface area contributed by atoms with E-state index in [0.29, 0.717) is 19.8 Å². The Bertz CT molecular complexity index is 668. The molecular formula is C19H23F3N2O4. The predicted molar refractivity (Wildman–Crippen MR) is 93.3 cm³/mol. The Hall–Kier alpha value is -2.15. The molecule has 0 bridgehead atoms. The standard InChI is InChI=1S/C17H22N2O2.C2HF3O2/c18-8-11-19-9-6-17(7-10-19)12-16(14-21-17)20-13-15-4-2-1-3-5-15;3-2(4,5)1(6)7/h1-5,16H,6-7,9-14H2;(H,6,7). The molecule has 0 aromatic heterocycles. The van der Waals surface area contributed by atoms with E-state index in [1.807, 2.05) is 18.2 Å². The number of rotatable bonds is 4. The van der Waals surface area contributed by atoms with E-state index in [9.17, 15) is 13.2 Å². The maximum absolute atomic E-state index is 10.6. The summed E-state index contributed by atoms with van der Waals surface area (Å²) in [5.41, 5.74) is 1.20. The van der Waals surface area contributed by atoms with Crippen LogP contribution in [0, 0.1) is 11.3 Å². The Balaban J connectivity index is 0.000000345. The van der Waals surface area contributed by atoms with Crippen LogP contribution in [-0.2, 0) is 20.9 Å². The number of halogens is 3. The summed E-state index contributed by atoms with van der Waals surface area (Å²) in [5.74, 6) is -2.76. The molecule has 1 aromatic rings. The van der Waals surface area contributed by atoms with Gasteiger partial charge in [0.2, 0.25) is 0 Å². The highest BCUT2D eigenvalue weighted by Gasteiger charge is 2.43. The first kappa shape index (κ1) is 22.1. The molecule has 2 aliphatic rings. The van der Waals surface area contributed by atoms with E-state index in [-0.39, 0.29) is 11.7 Å². The SMILES string of the molecule is N#CCN1CCC2(CC1)CC(OCc1ccccc1)CO2.O=C(O)C(F)(F)F. The van der Waals surface area contributed by atoms with Crippen molar-refractivity contribution in [1.29, 1.82) is 5.26 Å². The molecule has 0 saturated carbocycles. The monoisotopic (exact) mass is 400 g/mol. The Morgan fingerprint density at radius 1 is 1.32 bits per heavy atom. The molecule has 3 rings (SSSR count). The molecule has 1 N–H and O–H groups in total. The van der Waals surface area contributed by atoms with Gasteiger partial charge in [-0.25, -0.2) is 4.79 Å². The summed E-state index contributed by atoms with van der Waals surface area (Å²) in [6, 6.07) is 12.5. The summed E-state index contributed by atoms with van der Waals surface area (Å²) in [6.07, 6.45) is -1.87. The minimum Gasteiger partial charge on any atom is -0.475 e. The van der Waals surface area contributed by atoms with Crippen LogP contribution in [0.4, 0.5) is 13.2 Å². The molecule has 0 aliphatic carbocycles. The third-order valence-electron chi connectivity index (χ3n) is 4.81. The summed E-state index contributed by atoms with van der Waals surface area (Å²) in [7, 11) is 0. The van der Waals surface area contributed by atoms with Crippen LogP contribution in [0.5, 0.6) is 0 Å². The minimum absolute atomic E-state index is 0.00664. The Morgan fingerprint density at radius 3 is 2.46 bits per heavy atom. The maximum atomic E-state index is 10.6. The number of ether oxygens (including phenoxy) is 2. The molecule has 154 valence electrons. The maximum Gasteiger partial charge on any atom is 0.490 e. The molecular weight excluding hydrogens is 377 g/mol. The number of carboxylic acids is 1. The molecule has 9 heteroatoms. The molecule has 2 heterocycles. The van der Waals surface area contributed by atoms with Gasteiger partial charge in [-0.1, -0.05) is 30.3 Å². The molecule has 6 nitrogen and oxygen atoms in total. The van der Waals surface area contributed by atoms with Crippen LogP contribution in [0.3, 0.4) is 0 Å². The van der Waals surface area contributed by atoms with E-state index in [2.05, 4.69) is 23.1 Å². The fourth-order valence-corrected chi connectivity index (χ4v) is 3.26. The number of likely N-dealkylation sites (tertiary alicyclic amines) is 1. The van der Waals surface area contributed by atoms with E-state index in [0.717, 1.165) is 32.4 Å². The Kier molecular flexibility index (Phi) is 7.80. The molecule has 0 amide bonds. The zero-order valence-electron chi connectivity index (χ0n) is 15.3. The first-order valence-corrected chi connectivity index (χ1v) is 8.93. The molecule has 1 atom stereocenters. The Morgan fingerprint density at radius 2 is 1.93 bits per heavy atom. The molecule has 2 saturated heterocycles. The number of carboxylic acid groups (broad SMARTS) is 1. The number of hydrogen-bond donors (Lipinski definition) is 1. The van der Waals surface area contributed by atoms with Gasteiger partial charge >= 0.3 is 12.1 Å². The van der Waals surface area contributed by atoms with Crippen molar-refractivity contribution in [3.63, 3.8) is 0 Å². The number of benzene rings is 1. The summed E-state index contributed by atoms with van der Waals surface area (Å²) in [4.78, 5) is 11.1. The lowest BCUT2D eigenvalue weighted by molar-refractivity contribution is -0.192. The van der Waals surface area contributed by atoms with Crippen molar-refractivity contribution in [3.8, 4) is 6.07 Å². The summed E-state index contributed by atoms with van der Waals surface area (Å²) >= 11 is 0. The van der Waals surface area contributed by atoms with E-state index in [1.165, 1.54) is 5.56 Å². The van der Waals surface area contributed by atoms with E-state index < -0.39 is 12.1 Å². The first-order valence-electron chi connectivity index (χ1n) is 8.93. The van der Waals surface area contributed by atoms with Crippen LogP contribution < -0.4 is 0 Å². The largest absolute Gasteiger partial charge is 0.490 e. The lowest BCUT2D eigenvalue weighted by atomic mass is 9.88. The number of piperidine rings is 1. The molecule has 1 unspecified atom stereocenters. The van der Waals surface area contributed by atoms with Gasteiger partial charge in [0.15, 0.2) is 0 Å². The van der Waals surface area contributed by atoms with Gasteiger partial charge in [0, 0.05) is 19.5 Å². The van der Waals surface area contributed by atoms with Crippen molar-refractivity contribution in [2.75, 3.05) is 26.2 Å². The highest BCUT2D eigenvalue weighted by Crippen LogP contribution is 2.37. The second-order valence-corrected chi connectivity index (χ2v) is 6.85. The average Bonchev–Trinajstić information content (AvgIpc) is 3.06. The third-order valence-corrected chi connectivity index (χ3v) is 4.81. The molecule has 2 fully saturated rings. The highest BCUT2D eigenvalue weighted by atomic mass is 19.4. The highest BCUT2D eigenvalue weighted by molar-refractivity contribution is 5.73. The Labute approximate surface area is 161 Å². The smallest absolute Gasteiger partial charge is 0.475 e. The predicted octanol–water partition coefficient (Wildman–Crippen LogP) is 2.98. The summed E-state index contributed by atoms with van der Waals surface area (Å²) < 4.78 is 43.8. The van der Waals surface area contributed by atoms with Crippen molar-refractivity contribution in [1.82, 2.24) is 4.90 Å². The van der Waals surface area contributed by atoms with E-state index in [1.54, 1.807) is 0 Å². The molecule has 0 radical (unpaired) electrons. The van der Waals surface area contributed by atoms with Gasteiger partial charge in [0.05, 0.1) is 37.5 Å². The van der Waals surface area contributed by atoms with Crippen molar-refractivity contribution < 1.29 is 32.5 Å². The second-order valence-electron chi connectivity index (χ2n) is 6.85. The van der Waals surface area contributed by atoms with Crippen molar-refractivity contribution in [3.05, 3.63) is 35.9 Å². The van der Waals surface area contributed by atoms with E-state index >= 15 is 0 Å². The molecule has 2 aliphatic heterocycles. The number of nitrogens with zero attached hydrogens (tertiary/aromatic N) is 2. The van der Waals surface area contributed by atoms with Crippen LogP contribution in [0.15, 0.2) is 30.3 Å². The van der Waals surface area contributed by atoms with Crippen LogP contribution in [0.2, 0.25) is 0 Å². The zero-order valence-corrected chi connectivity index (χ0v) is 15.3. The van der Waals surface area contributed by atoms with Crippen molar-refractivity contribution >= 4 is 5.97 Å². The van der Waals surface area contributed by atoms with Gasteiger partial charge < -0.3 is 14.6 Å². The van der Waals surface area contributed by atoms with Gasteiger partial charge in [0.25, 0.3) is 0 Å². The summed E-state index contributed by atoms with van der Waals surface area (Å²) in [6.45, 7) is 3.80. The number of carbonyl (C=O) groups is 1. The van der Waals surface area contributed by atoms with Crippen LogP contribution in [-0.4, -0.2) is 60.1 Å². The second kappa shape index (κ2) is 9.87. The fraction of sp³-hybridized carbons (Fsp3) is 0.579. The fourth-order valence-electron chi connectivity index (χ4n) is 3.26. The number of alkyl halides is 3. The number of hydrogen-bond acceptors (Lipinski definition) is 5. The lowest BCUT2D eigenvalue weighted by Gasteiger charge is -2.37. The summed E-state index contributed by atoms with van der Waals surface area (Å²) in [5, 5.41) is 15.9. The van der Waals surface area contributed by atoms with Gasteiger partial charge in [0.1, 0.15) is 0 Å². The normalized spacial score (nSPS) is 21.6. The minimum atomic E-state index is -5.08.